The van der Waals surface area contributed by atoms with Gasteiger partial charge in [-0.2, -0.15) is 0 Å². The topological polar surface area (TPSA) is 101 Å². The molecule has 1 fully saturated rings. The number of nitrogens with zero attached hydrogens (tertiary/aromatic N) is 3. The maximum absolute atomic E-state index is 13.3. The lowest BCUT2D eigenvalue weighted by molar-refractivity contribution is 0.0623. The van der Waals surface area contributed by atoms with Crippen LogP contribution >= 0.6 is 11.3 Å². The minimum absolute atomic E-state index is 0.0563. The Morgan fingerprint density at radius 2 is 2.07 bits per heavy atom. The summed E-state index contributed by atoms with van der Waals surface area (Å²) in [4.78, 5) is 33.7. The molecule has 0 bridgehead atoms. The molecule has 0 aliphatic carbocycles. The number of hydrogen-bond donors (Lipinski definition) is 1. The van der Waals surface area contributed by atoms with Crippen LogP contribution in [0.3, 0.4) is 0 Å². The molecular weight excluding hydrogens is 400 g/mol. The largest absolute Gasteiger partial charge is 0.334 e. The number of thiophene rings is 1. The number of hydrogen-bond acceptors (Lipinski definition) is 6. The molecule has 1 N–H and O–H groups in total. The molecule has 10 heteroatoms. The van der Waals surface area contributed by atoms with E-state index in [-0.39, 0.29) is 24.1 Å². The van der Waals surface area contributed by atoms with Crippen molar-refractivity contribution in [1.82, 2.24) is 19.2 Å². The number of sulfonamides is 1. The van der Waals surface area contributed by atoms with E-state index in [0.29, 0.717) is 33.7 Å². The first-order chi connectivity index (χ1) is 13.3. The van der Waals surface area contributed by atoms with Crippen LogP contribution in [0, 0.1) is 6.92 Å². The summed E-state index contributed by atoms with van der Waals surface area (Å²) in [5, 5.41) is 0.543. The van der Waals surface area contributed by atoms with E-state index in [4.69, 9.17) is 0 Å². The minimum atomic E-state index is -3.32. The summed E-state index contributed by atoms with van der Waals surface area (Å²) < 4.78 is 27.2. The number of likely N-dealkylation sites (tertiary alicyclic amines) is 1. The van der Waals surface area contributed by atoms with Crippen molar-refractivity contribution in [3.8, 4) is 0 Å². The number of rotatable bonds is 4. The molecule has 2 aliphatic heterocycles. The highest BCUT2D eigenvalue weighted by Crippen LogP contribution is 2.31. The average molecular weight is 425 g/mol. The zero-order valence-corrected chi connectivity index (χ0v) is 17.7. The molecule has 1 saturated heterocycles. The van der Waals surface area contributed by atoms with Gasteiger partial charge in [0.15, 0.2) is 0 Å². The van der Waals surface area contributed by atoms with Gasteiger partial charge in [-0.05, 0) is 38.2 Å². The van der Waals surface area contributed by atoms with E-state index in [0.717, 1.165) is 44.2 Å². The van der Waals surface area contributed by atoms with Crippen molar-refractivity contribution in [2.24, 2.45) is 0 Å². The Labute approximate surface area is 167 Å². The van der Waals surface area contributed by atoms with Crippen molar-refractivity contribution < 1.29 is 13.2 Å². The van der Waals surface area contributed by atoms with Gasteiger partial charge in [0, 0.05) is 32.1 Å². The Balaban J connectivity index is 1.68. The predicted octanol–water partition coefficient (Wildman–Crippen LogP) is 1.26. The summed E-state index contributed by atoms with van der Waals surface area (Å²) in [5.74, 6) is 0.663. The van der Waals surface area contributed by atoms with E-state index in [1.807, 2.05) is 6.92 Å². The molecule has 4 rings (SSSR count). The normalized spacial score (nSPS) is 19.9. The van der Waals surface area contributed by atoms with E-state index in [9.17, 15) is 18.0 Å². The number of nitrogens with one attached hydrogen (secondary N) is 1. The van der Waals surface area contributed by atoms with Gasteiger partial charge in [0.1, 0.15) is 10.7 Å². The molecule has 0 aromatic carbocycles. The SMILES string of the molecule is Cc1c(C(=O)N2CCCCC2CNS(C)(=O)=O)sc2nc3n(c(=O)c12)CCC3. The predicted molar refractivity (Wildman–Crippen MR) is 108 cm³/mol. The Hall–Kier alpha value is -1.78. The highest BCUT2D eigenvalue weighted by molar-refractivity contribution is 7.88. The van der Waals surface area contributed by atoms with Crippen molar-refractivity contribution in [3.05, 3.63) is 26.6 Å². The Bertz CT molecular complexity index is 1100. The smallest absolute Gasteiger partial charge is 0.264 e. The summed E-state index contributed by atoms with van der Waals surface area (Å²) in [6, 6.07) is -0.181. The average Bonchev–Trinajstić information content (AvgIpc) is 3.24. The van der Waals surface area contributed by atoms with Gasteiger partial charge >= 0.3 is 0 Å². The molecule has 152 valence electrons. The van der Waals surface area contributed by atoms with Crippen LogP contribution in [0.2, 0.25) is 0 Å². The van der Waals surface area contributed by atoms with Gasteiger partial charge in [-0.3, -0.25) is 14.2 Å². The van der Waals surface area contributed by atoms with E-state index in [1.54, 1.807) is 9.47 Å². The minimum Gasteiger partial charge on any atom is -0.334 e. The first-order valence-electron chi connectivity index (χ1n) is 9.54. The monoisotopic (exact) mass is 424 g/mol. The van der Waals surface area contributed by atoms with Crippen LogP contribution in [0.25, 0.3) is 10.2 Å². The maximum atomic E-state index is 13.3. The molecule has 0 saturated carbocycles. The molecule has 8 nitrogen and oxygen atoms in total. The van der Waals surface area contributed by atoms with E-state index in [1.165, 1.54) is 11.3 Å². The van der Waals surface area contributed by atoms with Gasteiger partial charge < -0.3 is 4.90 Å². The molecule has 4 heterocycles. The number of fused-ring (bicyclic) bond motifs is 2. The lowest BCUT2D eigenvalue weighted by atomic mass is 10.0. The van der Waals surface area contributed by atoms with Gasteiger partial charge in [0.25, 0.3) is 11.5 Å². The van der Waals surface area contributed by atoms with E-state index in [2.05, 4.69) is 9.71 Å². The van der Waals surface area contributed by atoms with Crippen molar-refractivity contribution in [3.63, 3.8) is 0 Å². The fourth-order valence-electron chi connectivity index (χ4n) is 4.14. The van der Waals surface area contributed by atoms with E-state index < -0.39 is 10.0 Å². The summed E-state index contributed by atoms with van der Waals surface area (Å²) in [6.45, 7) is 3.29. The Morgan fingerprint density at radius 1 is 1.29 bits per heavy atom. The third-order valence-electron chi connectivity index (χ3n) is 5.57. The zero-order chi connectivity index (χ0) is 20.1. The molecule has 2 aromatic heterocycles. The van der Waals surface area contributed by atoms with Crippen LogP contribution in [0.5, 0.6) is 0 Å². The van der Waals surface area contributed by atoms with Crippen LogP contribution in [-0.2, 0) is 23.0 Å². The Morgan fingerprint density at radius 3 is 2.82 bits per heavy atom. The first kappa shape index (κ1) is 19.5. The van der Waals surface area contributed by atoms with Crippen molar-refractivity contribution >= 4 is 37.5 Å². The molecule has 1 atom stereocenters. The van der Waals surface area contributed by atoms with Gasteiger partial charge in [0.2, 0.25) is 10.0 Å². The lowest BCUT2D eigenvalue weighted by Crippen LogP contribution is -2.49. The maximum Gasteiger partial charge on any atom is 0.264 e. The second-order valence-electron chi connectivity index (χ2n) is 7.59. The highest BCUT2D eigenvalue weighted by Gasteiger charge is 2.31. The summed E-state index contributed by atoms with van der Waals surface area (Å²) in [7, 11) is -3.32. The van der Waals surface area contributed by atoms with Crippen LogP contribution in [0.15, 0.2) is 4.79 Å². The molecule has 0 radical (unpaired) electrons. The molecule has 1 unspecified atom stereocenters. The molecule has 2 aromatic rings. The van der Waals surface area contributed by atoms with Gasteiger partial charge in [-0.15, -0.1) is 11.3 Å². The van der Waals surface area contributed by atoms with Crippen molar-refractivity contribution in [2.75, 3.05) is 19.3 Å². The number of carbonyl (C=O) groups excluding carboxylic acids is 1. The number of aromatic nitrogens is 2. The molecule has 0 spiro atoms. The fourth-order valence-corrected chi connectivity index (χ4v) is 5.78. The van der Waals surface area contributed by atoms with E-state index >= 15 is 0 Å². The van der Waals surface area contributed by atoms with Crippen LogP contribution in [0.1, 0.15) is 46.7 Å². The summed E-state index contributed by atoms with van der Waals surface area (Å²) >= 11 is 1.28. The molecule has 2 aliphatic rings. The second kappa shape index (κ2) is 7.23. The number of aryl methyl sites for hydroxylation is 2. The zero-order valence-electron chi connectivity index (χ0n) is 16.0. The summed E-state index contributed by atoms with van der Waals surface area (Å²) in [5.41, 5.74) is 0.629. The standard InChI is InChI=1S/C18H24N4O4S2/c1-11-14-16(20-13-7-5-9-22(13)17(14)23)27-15(11)18(24)21-8-4-3-6-12(21)10-19-28(2,25)26/h12,19H,3-10H2,1-2H3. The van der Waals surface area contributed by atoms with Gasteiger partial charge in [-0.25, -0.2) is 18.1 Å². The number of amides is 1. The number of carbonyl (C=O) groups is 1. The van der Waals surface area contributed by atoms with Crippen molar-refractivity contribution in [2.45, 2.75) is 51.6 Å². The number of piperidine rings is 1. The highest BCUT2D eigenvalue weighted by atomic mass is 32.2. The third kappa shape index (κ3) is 3.48. The van der Waals surface area contributed by atoms with Gasteiger partial charge in [-0.1, -0.05) is 0 Å². The second-order valence-corrected chi connectivity index (χ2v) is 10.4. The Kier molecular flexibility index (Phi) is 5.05. The molecule has 28 heavy (non-hydrogen) atoms. The molecular formula is C18H24N4O4S2. The molecule has 1 amide bonds. The third-order valence-corrected chi connectivity index (χ3v) is 7.44. The summed E-state index contributed by atoms with van der Waals surface area (Å²) in [6.07, 6.45) is 5.44. The van der Waals surface area contributed by atoms with Gasteiger partial charge in [0.05, 0.1) is 16.5 Å². The van der Waals surface area contributed by atoms with Crippen LogP contribution < -0.4 is 10.3 Å². The first-order valence-corrected chi connectivity index (χ1v) is 12.3. The van der Waals surface area contributed by atoms with Crippen LogP contribution in [0.4, 0.5) is 0 Å². The lowest BCUT2D eigenvalue weighted by Gasteiger charge is -2.35. The quantitative estimate of drug-likeness (QED) is 0.796. The van der Waals surface area contributed by atoms with Crippen LogP contribution in [-0.4, -0.2) is 54.2 Å². The van der Waals surface area contributed by atoms with Crippen molar-refractivity contribution in [1.29, 1.82) is 0 Å². The fraction of sp³-hybridized carbons (Fsp3) is 0.611.